The Hall–Kier alpha value is -1.81. The highest BCUT2D eigenvalue weighted by molar-refractivity contribution is 5.98. The van der Waals surface area contributed by atoms with E-state index in [4.69, 9.17) is 9.62 Å². The molecule has 1 heterocycles. The molecule has 72 valence electrons. The predicted octanol–water partition coefficient (Wildman–Crippen LogP) is 1.86. The fourth-order valence-electron chi connectivity index (χ4n) is 1.44. The molecule has 0 unspecified atom stereocenters. The number of para-hydroxylation sites is 1. The van der Waals surface area contributed by atoms with Gasteiger partial charge in [-0.1, -0.05) is 18.2 Å². The average molecular weight is 191 g/mol. The maximum atomic E-state index is 11.1. The lowest BCUT2D eigenvalue weighted by molar-refractivity contribution is 0.0677. The maximum absolute atomic E-state index is 11.1. The summed E-state index contributed by atoms with van der Waals surface area (Å²) in [6.07, 6.45) is 0. The van der Waals surface area contributed by atoms with Crippen molar-refractivity contribution in [3.63, 3.8) is 0 Å². The minimum atomic E-state index is -0.626. The smallest absolute Gasteiger partial charge is 0.310 e. The van der Waals surface area contributed by atoms with E-state index >= 15 is 0 Å². The highest BCUT2D eigenvalue weighted by Gasteiger charge is 2.15. The number of carbonyl (C=O) groups excluding carboxylic acids is 1. The first-order valence-electron chi connectivity index (χ1n) is 4.16. The van der Waals surface area contributed by atoms with Crippen LogP contribution in [0.1, 0.15) is 16.1 Å². The van der Waals surface area contributed by atoms with E-state index in [9.17, 15) is 4.79 Å². The Kier molecular flexibility index (Phi) is 1.98. The standard InChI is InChI=1S/C10H9NO3/c1-6-7-4-2-3-5-8(7)14-9(6)10(12)11-13/h2-5,13H,1H3,(H,11,12). The van der Waals surface area contributed by atoms with Gasteiger partial charge in [-0.25, -0.2) is 5.48 Å². The fourth-order valence-corrected chi connectivity index (χ4v) is 1.44. The summed E-state index contributed by atoms with van der Waals surface area (Å²) in [6.45, 7) is 1.77. The Bertz CT molecular complexity index is 487. The monoisotopic (exact) mass is 191 g/mol. The van der Waals surface area contributed by atoms with Gasteiger partial charge in [0.2, 0.25) is 0 Å². The first kappa shape index (κ1) is 8.77. The summed E-state index contributed by atoms with van der Waals surface area (Å²) in [6, 6.07) is 7.33. The third-order valence-electron chi connectivity index (χ3n) is 2.15. The van der Waals surface area contributed by atoms with Crippen LogP contribution in [-0.4, -0.2) is 11.1 Å². The normalized spacial score (nSPS) is 10.4. The van der Waals surface area contributed by atoms with Crippen LogP contribution >= 0.6 is 0 Å². The van der Waals surface area contributed by atoms with Gasteiger partial charge in [0.1, 0.15) is 5.58 Å². The van der Waals surface area contributed by atoms with Crippen molar-refractivity contribution in [2.75, 3.05) is 0 Å². The van der Waals surface area contributed by atoms with Crippen molar-refractivity contribution in [1.82, 2.24) is 5.48 Å². The molecular weight excluding hydrogens is 182 g/mol. The van der Waals surface area contributed by atoms with Gasteiger partial charge in [0.15, 0.2) is 5.76 Å². The summed E-state index contributed by atoms with van der Waals surface area (Å²) in [5.41, 5.74) is 2.92. The third-order valence-corrected chi connectivity index (χ3v) is 2.15. The lowest BCUT2D eigenvalue weighted by Gasteiger charge is -1.93. The Morgan fingerprint density at radius 1 is 1.43 bits per heavy atom. The topological polar surface area (TPSA) is 62.5 Å². The molecule has 4 heteroatoms. The number of fused-ring (bicyclic) bond motifs is 1. The first-order valence-corrected chi connectivity index (χ1v) is 4.16. The number of hydrogen-bond donors (Lipinski definition) is 2. The molecule has 0 radical (unpaired) electrons. The molecular formula is C10H9NO3. The molecule has 14 heavy (non-hydrogen) atoms. The Morgan fingerprint density at radius 2 is 2.14 bits per heavy atom. The second kappa shape index (κ2) is 3.16. The van der Waals surface area contributed by atoms with Crippen molar-refractivity contribution in [2.45, 2.75) is 6.92 Å². The molecule has 0 saturated carbocycles. The summed E-state index contributed by atoms with van der Waals surface area (Å²) in [5.74, 6) is -0.479. The zero-order valence-corrected chi connectivity index (χ0v) is 7.57. The van der Waals surface area contributed by atoms with E-state index in [1.165, 1.54) is 0 Å². The second-order valence-corrected chi connectivity index (χ2v) is 2.99. The molecule has 0 aliphatic carbocycles. The molecule has 2 N–H and O–H groups in total. The van der Waals surface area contributed by atoms with E-state index in [1.807, 2.05) is 18.2 Å². The summed E-state index contributed by atoms with van der Waals surface area (Å²) >= 11 is 0. The summed E-state index contributed by atoms with van der Waals surface area (Å²) in [7, 11) is 0. The van der Waals surface area contributed by atoms with Crippen LogP contribution < -0.4 is 5.48 Å². The number of rotatable bonds is 1. The maximum Gasteiger partial charge on any atom is 0.310 e. The number of furan rings is 1. The van der Waals surface area contributed by atoms with Gasteiger partial charge < -0.3 is 4.42 Å². The average Bonchev–Trinajstić information content (AvgIpc) is 2.56. The molecule has 1 amide bonds. The predicted molar refractivity (Wildman–Crippen MR) is 50.2 cm³/mol. The van der Waals surface area contributed by atoms with E-state index in [2.05, 4.69) is 0 Å². The second-order valence-electron chi connectivity index (χ2n) is 2.99. The Labute approximate surface area is 80.1 Å². The number of nitrogens with one attached hydrogen (secondary N) is 1. The molecule has 1 aromatic carbocycles. The molecule has 0 aliphatic rings. The van der Waals surface area contributed by atoms with Crippen molar-refractivity contribution in [3.8, 4) is 0 Å². The van der Waals surface area contributed by atoms with Crippen molar-refractivity contribution < 1.29 is 14.4 Å². The lowest BCUT2D eigenvalue weighted by Crippen LogP contribution is -2.18. The van der Waals surface area contributed by atoms with Gasteiger partial charge in [0.05, 0.1) is 0 Å². The quantitative estimate of drug-likeness (QED) is 0.534. The Morgan fingerprint density at radius 3 is 2.79 bits per heavy atom. The van der Waals surface area contributed by atoms with Crippen LogP contribution in [0.25, 0.3) is 11.0 Å². The molecule has 4 nitrogen and oxygen atoms in total. The fraction of sp³-hybridized carbons (Fsp3) is 0.100. The molecule has 0 saturated heterocycles. The number of hydroxylamine groups is 1. The minimum Gasteiger partial charge on any atom is -0.451 e. The van der Waals surface area contributed by atoms with Gasteiger partial charge in [-0.15, -0.1) is 0 Å². The van der Waals surface area contributed by atoms with Crippen LogP contribution in [0.5, 0.6) is 0 Å². The zero-order chi connectivity index (χ0) is 10.1. The van der Waals surface area contributed by atoms with Crippen LogP contribution in [0.2, 0.25) is 0 Å². The summed E-state index contributed by atoms with van der Waals surface area (Å²) in [5, 5.41) is 9.36. The SMILES string of the molecule is Cc1c(C(=O)NO)oc2ccccc12. The van der Waals surface area contributed by atoms with E-state index in [0.29, 0.717) is 5.58 Å². The van der Waals surface area contributed by atoms with E-state index < -0.39 is 5.91 Å². The van der Waals surface area contributed by atoms with Gasteiger partial charge in [-0.3, -0.25) is 10.0 Å². The number of aryl methyl sites for hydroxylation is 1. The van der Waals surface area contributed by atoms with Gasteiger partial charge >= 0.3 is 5.91 Å². The number of benzene rings is 1. The molecule has 2 aromatic rings. The van der Waals surface area contributed by atoms with Crippen molar-refractivity contribution in [2.24, 2.45) is 0 Å². The summed E-state index contributed by atoms with van der Waals surface area (Å²) < 4.78 is 5.28. The first-order chi connectivity index (χ1) is 6.74. The minimum absolute atomic E-state index is 0.147. The van der Waals surface area contributed by atoms with Crippen LogP contribution in [-0.2, 0) is 0 Å². The lowest BCUT2D eigenvalue weighted by atomic mass is 10.1. The van der Waals surface area contributed by atoms with E-state index in [0.717, 1.165) is 10.9 Å². The van der Waals surface area contributed by atoms with Gasteiger partial charge in [0.25, 0.3) is 0 Å². The molecule has 0 fully saturated rings. The van der Waals surface area contributed by atoms with Gasteiger partial charge in [0, 0.05) is 10.9 Å². The van der Waals surface area contributed by atoms with E-state index in [-0.39, 0.29) is 5.76 Å². The summed E-state index contributed by atoms with van der Waals surface area (Å²) in [4.78, 5) is 11.1. The van der Waals surface area contributed by atoms with Crippen LogP contribution in [0.4, 0.5) is 0 Å². The highest BCUT2D eigenvalue weighted by Crippen LogP contribution is 2.24. The molecule has 2 rings (SSSR count). The number of amides is 1. The molecule has 1 aromatic heterocycles. The van der Waals surface area contributed by atoms with Crippen LogP contribution in [0.3, 0.4) is 0 Å². The molecule has 0 atom stereocenters. The van der Waals surface area contributed by atoms with E-state index in [1.54, 1.807) is 18.5 Å². The van der Waals surface area contributed by atoms with Crippen molar-refractivity contribution in [1.29, 1.82) is 0 Å². The number of hydrogen-bond acceptors (Lipinski definition) is 3. The molecule has 0 aliphatic heterocycles. The highest BCUT2D eigenvalue weighted by atomic mass is 16.5. The number of carbonyl (C=O) groups is 1. The largest absolute Gasteiger partial charge is 0.451 e. The van der Waals surface area contributed by atoms with Crippen LogP contribution in [0, 0.1) is 6.92 Å². The molecule has 0 bridgehead atoms. The van der Waals surface area contributed by atoms with Crippen LogP contribution in [0.15, 0.2) is 28.7 Å². The zero-order valence-electron chi connectivity index (χ0n) is 7.57. The van der Waals surface area contributed by atoms with Crippen molar-refractivity contribution in [3.05, 3.63) is 35.6 Å². The van der Waals surface area contributed by atoms with Crippen molar-refractivity contribution >= 4 is 16.9 Å². The van der Waals surface area contributed by atoms with Gasteiger partial charge in [-0.2, -0.15) is 0 Å². The van der Waals surface area contributed by atoms with Gasteiger partial charge in [-0.05, 0) is 13.0 Å². The Balaban J connectivity index is 2.68. The molecule has 0 spiro atoms. The third kappa shape index (κ3) is 1.16.